The van der Waals surface area contributed by atoms with Crippen molar-refractivity contribution in [3.63, 3.8) is 0 Å². The van der Waals surface area contributed by atoms with Gasteiger partial charge in [0.05, 0.1) is 6.54 Å². The number of pyridine rings is 1. The van der Waals surface area contributed by atoms with E-state index >= 15 is 0 Å². The fourth-order valence-corrected chi connectivity index (χ4v) is 3.05. The molecule has 8 heteroatoms. The van der Waals surface area contributed by atoms with Crippen molar-refractivity contribution in [3.05, 3.63) is 65.4 Å². The van der Waals surface area contributed by atoms with Crippen LogP contribution in [0.2, 0.25) is 0 Å². The summed E-state index contributed by atoms with van der Waals surface area (Å²) < 4.78 is 7.98. The van der Waals surface area contributed by atoms with Gasteiger partial charge in [0.25, 0.3) is 0 Å². The highest BCUT2D eigenvalue weighted by Gasteiger charge is 2.04. The van der Waals surface area contributed by atoms with Crippen LogP contribution in [-0.2, 0) is 19.5 Å². The van der Waals surface area contributed by atoms with E-state index in [9.17, 15) is 0 Å². The molecule has 3 aromatic rings. The molecule has 0 saturated heterocycles. The van der Waals surface area contributed by atoms with Gasteiger partial charge in [-0.2, -0.15) is 0 Å². The van der Waals surface area contributed by atoms with E-state index < -0.39 is 0 Å². The van der Waals surface area contributed by atoms with Crippen LogP contribution in [0.3, 0.4) is 0 Å². The molecule has 0 amide bonds. The van der Waals surface area contributed by atoms with Crippen LogP contribution in [0.5, 0.6) is 11.6 Å². The zero-order chi connectivity index (χ0) is 22.1. The van der Waals surface area contributed by atoms with Crippen molar-refractivity contribution in [2.45, 2.75) is 47.2 Å². The topological polar surface area (TPSA) is 89.3 Å². The molecule has 0 radical (unpaired) electrons. The zero-order valence-corrected chi connectivity index (χ0v) is 18.7. The van der Waals surface area contributed by atoms with Gasteiger partial charge in [0.2, 0.25) is 5.88 Å². The largest absolute Gasteiger partial charge is 0.439 e. The van der Waals surface area contributed by atoms with Gasteiger partial charge < -0.3 is 19.9 Å². The first-order valence-corrected chi connectivity index (χ1v) is 10.7. The lowest BCUT2D eigenvalue weighted by atomic mass is 10.1. The first-order valence-electron chi connectivity index (χ1n) is 10.7. The molecule has 0 aliphatic carbocycles. The average molecular weight is 422 g/mol. The van der Waals surface area contributed by atoms with Gasteiger partial charge in [0, 0.05) is 38.3 Å². The van der Waals surface area contributed by atoms with E-state index in [0.717, 1.165) is 49.2 Å². The fourth-order valence-electron chi connectivity index (χ4n) is 3.05. The Morgan fingerprint density at radius 2 is 1.97 bits per heavy atom. The molecule has 1 aromatic carbocycles. The monoisotopic (exact) mass is 421 g/mol. The molecule has 0 fully saturated rings. The minimum Gasteiger partial charge on any atom is -0.439 e. The number of nitrogens with one attached hydrogen (secondary N) is 2. The minimum absolute atomic E-state index is 0.522. The lowest BCUT2D eigenvalue weighted by Crippen LogP contribution is -2.38. The summed E-state index contributed by atoms with van der Waals surface area (Å²) in [7, 11) is 0. The molecule has 0 aliphatic heterocycles. The second-order valence-corrected chi connectivity index (χ2v) is 7.27. The van der Waals surface area contributed by atoms with Crippen LogP contribution in [0, 0.1) is 13.8 Å². The molecule has 8 nitrogen and oxygen atoms in total. The normalized spacial score (nSPS) is 11.4. The summed E-state index contributed by atoms with van der Waals surface area (Å²) in [4.78, 5) is 9.02. The van der Waals surface area contributed by atoms with Crippen molar-refractivity contribution in [3.8, 4) is 11.6 Å². The number of rotatable bonds is 9. The molecular formula is C23H31N7O. The Morgan fingerprint density at radius 1 is 1.10 bits per heavy atom. The number of hydrogen-bond donors (Lipinski definition) is 2. The summed E-state index contributed by atoms with van der Waals surface area (Å²) in [6.45, 7) is 11.1. The van der Waals surface area contributed by atoms with Gasteiger partial charge in [0.1, 0.15) is 17.9 Å². The Kier molecular flexibility index (Phi) is 7.98. The summed E-state index contributed by atoms with van der Waals surface area (Å²) in [6.07, 6.45) is 4.38. The lowest BCUT2D eigenvalue weighted by molar-refractivity contribution is 0.461. The van der Waals surface area contributed by atoms with Gasteiger partial charge in [-0.05, 0) is 55.7 Å². The second-order valence-electron chi connectivity index (χ2n) is 7.27. The molecule has 164 valence electrons. The van der Waals surface area contributed by atoms with Crippen molar-refractivity contribution < 1.29 is 4.74 Å². The highest BCUT2D eigenvalue weighted by molar-refractivity contribution is 5.79. The predicted octanol–water partition coefficient (Wildman–Crippen LogP) is 3.40. The first-order chi connectivity index (χ1) is 15.1. The van der Waals surface area contributed by atoms with Crippen LogP contribution in [0.1, 0.15) is 36.4 Å². The molecule has 0 saturated carbocycles. The molecule has 31 heavy (non-hydrogen) atoms. The van der Waals surface area contributed by atoms with E-state index in [1.807, 2.05) is 31.2 Å². The molecule has 2 N–H and O–H groups in total. The molecule has 2 heterocycles. The van der Waals surface area contributed by atoms with Crippen molar-refractivity contribution >= 4 is 5.96 Å². The maximum atomic E-state index is 5.93. The Hall–Kier alpha value is -3.42. The van der Waals surface area contributed by atoms with E-state index in [1.54, 1.807) is 12.5 Å². The maximum Gasteiger partial charge on any atom is 0.219 e. The highest BCUT2D eigenvalue weighted by Crippen LogP contribution is 2.22. The maximum absolute atomic E-state index is 5.93. The second kappa shape index (κ2) is 11.1. The molecule has 0 bridgehead atoms. The number of aromatic nitrogens is 4. The quantitative estimate of drug-likeness (QED) is 0.407. The Labute approximate surface area is 183 Å². The average Bonchev–Trinajstić information content (AvgIpc) is 3.22. The number of aryl methyl sites for hydroxylation is 3. The Bertz CT molecular complexity index is 1010. The third-order valence-electron chi connectivity index (χ3n) is 4.92. The molecule has 3 rings (SSSR count). The van der Waals surface area contributed by atoms with Gasteiger partial charge >= 0.3 is 0 Å². The summed E-state index contributed by atoms with van der Waals surface area (Å²) in [5.41, 5.74) is 3.46. The van der Waals surface area contributed by atoms with Crippen LogP contribution >= 0.6 is 0 Å². The van der Waals surface area contributed by atoms with E-state index in [0.29, 0.717) is 12.4 Å². The van der Waals surface area contributed by atoms with Crippen molar-refractivity contribution in [2.24, 2.45) is 4.99 Å². The van der Waals surface area contributed by atoms with Gasteiger partial charge in [-0.1, -0.05) is 13.0 Å². The van der Waals surface area contributed by atoms with Gasteiger partial charge in [-0.25, -0.2) is 9.98 Å². The van der Waals surface area contributed by atoms with Crippen LogP contribution in [0.4, 0.5) is 0 Å². The van der Waals surface area contributed by atoms with Crippen LogP contribution < -0.4 is 15.4 Å². The van der Waals surface area contributed by atoms with Crippen LogP contribution in [0.25, 0.3) is 0 Å². The van der Waals surface area contributed by atoms with Crippen LogP contribution in [0.15, 0.2) is 47.8 Å². The summed E-state index contributed by atoms with van der Waals surface area (Å²) in [5.74, 6) is 3.10. The first kappa shape index (κ1) is 22.3. The number of benzene rings is 1. The lowest BCUT2D eigenvalue weighted by Gasteiger charge is -2.12. The number of aliphatic imine (C=N–C) groups is 1. The third kappa shape index (κ3) is 6.53. The third-order valence-corrected chi connectivity index (χ3v) is 4.92. The molecular weight excluding hydrogens is 390 g/mol. The van der Waals surface area contributed by atoms with Gasteiger partial charge in [-0.3, -0.25) is 0 Å². The van der Waals surface area contributed by atoms with E-state index in [2.05, 4.69) is 62.2 Å². The highest BCUT2D eigenvalue weighted by atomic mass is 16.5. The number of hydrogen-bond acceptors (Lipinski definition) is 5. The van der Waals surface area contributed by atoms with Crippen molar-refractivity contribution in [1.82, 2.24) is 30.4 Å². The van der Waals surface area contributed by atoms with Gasteiger partial charge in [-0.15, -0.1) is 10.2 Å². The SMILES string of the molecule is CCNC(=NCc1ccnc(Oc2ccc(C)c(C)c2)c1)NCCn1cnnc1CC. The molecule has 0 aliphatic rings. The number of guanidine groups is 1. The summed E-state index contributed by atoms with van der Waals surface area (Å²) in [6, 6.07) is 9.91. The van der Waals surface area contributed by atoms with Crippen LogP contribution in [-0.4, -0.2) is 38.8 Å². The minimum atomic E-state index is 0.522. The molecule has 0 spiro atoms. The van der Waals surface area contributed by atoms with Crippen molar-refractivity contribution in [1.29, 1.82) is 0 Å². The predicted molar refractivity (Wildman–Crippen MR) is 122 cm³/mol. The Balaban J connectivity index is 1.59. The van der Waals surface area contributed by atoms with Crippen molar-refractivity contribution in [2.75, 3.05) is 13.1 Å². The molecule has 0 unspecified atom stereocenters. The fraction of sp³-hybridized carbons (Fsp3) is 0.391. The summed E-state index contributed by atoms with van der Waals surface area (Å²) in [5, 5.41) is 14.7. The molecule has 0 atom stereocenters. The molecule has 2 aromatic heterocycles. The smallest absolute Gasteiger partial charge is 0.219 e. The van der Waals surface area contributed by atoms with E-state index in [-0.39, 0.29) is 0 Å². The number of nitrogens with zero attached hydrogens (tertiary/aromatic N) is 5. The Morgan fingerprint density at radius 3 is 2.74 bits per heavy atom. The van der Waals surface area contributed by atoms with E-state index in [1.165, 1.54) is 11.1 Å². The van der Waals surface area contributed by atoms with E-state index in [4.69, 9.17) is 4.74 Å². The van der Waals surface area contributed by atoms with Gasteiger partial charge in [0.15, 0.2) is 5.96 Å². The number of ether oxygens (including phenoxy) is 1. The summed E-state index contributed by atoms with van der Waals surface area (Å²) >= 11 is 0. The standard InChI is InChI=1S/C23H31N7O/c1-5-21-29-28-16-30(21)12-11-26-23(24-6-2)27-15-19-9-10-25-22(14-19)31-20-8-7-17(3)18(4)13-20/h7-10,13-14,16H,5-6,11-12,15H2,1-4H3,(H2,24,26,27). The zero-order valence-electron chi connectivity index (χ0n) is 18.7.